The number of hydrogen-bond donors (Lipinski definition) is 0. The van der Waals surface area contributed by atoms with Crippen LogP contribution >= 0.6 is 11.6 Å². The van der Waals surface area contributed by atoms with E-state index < -0.39 is 28.5 Å². The number of amides is 1. The maximum atomic E-state index is 12.8. The summed E-state index contributed by atoms with van der Waals surface area (Å²) in [5.74, 6) is -1.36. The average Bonchev–Trinajstić information content (AvgIpc) is 2.86. The Morgan fingerprint density at radius 1 is 1.06 bits per heavy atom. The van der Waals surface area contributed by atoms with E-state index >= 15 is 0 Å². The zero-order valence-corrected chi connectivity index (χ0v) is 20.9. The normalized spacial score (nSPS) is 14.8. The van der Waals surface area contributed by atoms with Crippen LogP contribution in [0.2, 0.25) is 5.02 Å². The second-order valence-electron chi connectivity index (χ2n) is 7.97. The number of nitrogens with zero attached hydrogens (tertiary/aromatic N) is 4. The molecule has 2 aromatic carbocycles. The quantitative estimate of drug-likeness (QED) is 0.315. The van der Waals surface area contributed by atoms with E-state index in [1.54, 1.807) is 18.2 Å². The van der Waals surface area contributed by atoms with Crippen molar-refractivity contribution in [3.05, 3.63) is 64.7 Å². The van der Waals surface area contributed by atoms with Crippen LogP contribution < -0.4 is 4.90 Å². The maximum absolute atomic E-state index is 12.8. The third-order valence-corrected chi connectivity index (χ3v) is 7.60. The Morgan fingerprint density at radius 3 is 2.20 bits per heavy atom. The molecule has 2 aromatic rings. The number of ether oxygens (including phenoxy) is 1. The first-order valence-electron chi connectivity index (χ1n) is 10.7. The van der Waals surface area contributed by atoms with E-state index in [0.29, 0.717) is 10.6 Å². The summed E-state index contributed by atoms with van der Waals surface area (Å²) in [5.41, 5.74) is 1.39. The largest absolute Gasteiger partial charge is 0.451 e. The predicted octanol–water partition coefficient (Wildman–Crippen LogP) is 2.39. The number of sulfonamides is 1. The van der Waals surface area contributed by atoms with Crippen LogP contribution in [0.5, 0.6) is 0 Å². The lowest BCUT2D eigenvalue weighted by Crippen LogP contribution is -2.51. The van der Waals surface area contributed by atoms with Gasteiger partial charge in [-0.1, -0.05) is 23.7 Å². The Morgan fingerprint density at radius 2 is 1.66 bits per heavy atom. The fraction of sp³-hybridized carbons (Fsp3) is 0.292. The minimum absolute atomic E-state index is 0.108. The monoisotopic (exact) mass is 516 g/mol. The molecule has 0 N–H and O–H groups in total. The van der Waals surface area contributed by atoms with Crippen LogP contribution in [-0.2, 0) is 24.3 Å². The van der Waals surface area contributed by atoms with E-state index in [1.165, 1.54) is 39.5 Å². The van der Waals surface area contributed by atoms with Gasteiger partial charge in [0.2, 0.25) is 10.0 Å². The van der Waals surface area contributed by atoms with Crippen molar-refractivity contribution in [3.63, 3.8) is 0 Å². The third-order valence-electron chi connectivity index (χ3n) is 5.43. The number of benzene rings is 2. The fourth-order valence-corrected chi connectivity index (χ4v) is 4.95. The number of carbonyl (C=O) groups excluding carboxylic acids is 2. The molecule has 1 heterocycles. The number of nitriles is 1. The van der Waals surface area contributed by atoms with Gasteiger partial charge >= 0.3 is 5.97 Å². The molecule has 0 saturated carbocycles. The molecule has 0 aromatic heterocycles. The van der Waals surface area contributed by atoms with Gasteiger partial charge in [0, 0.05) is 51.0 Å². The lowest BCUT2D eigenvalue weighted by atomic mass is 10.1. The van der Waals surface area contributed by atoms with Crippen molar-refractivity contribution in [2.75, 3.05) is 51.8 Å². The third kappa shape index (κ3) is 6.60. The number of carbonyl (C=O) groups is 2. The van der Waals surface area contributed by atoms with E-state index in [-0.39, 0.29) is 36.6 Å². The summed E-state index contributed by atoms with van der Waals surface area (Å²) in [6, 6.07) is 14.9. The number of piperazine rings is 1. The molecular weight excluding hydrogens is 492 g/mol. The zero-order valence-electron chi connectivity index (χ0n) is 19.3. The topological polar surface area (TPSA) is 111 Å². The first-order chi connectivity index (χ1) is 16.6. The summed E-state index contributed by atoms with van der Waals surface area (Å²) in [5, 5.41) is 9.77. The second kappa shape index (κ2) is 11.4. The molecule has 9 nitrogen and oxygen atoms in total. The van der Waals surface area contributed by atoms with Crippen LogP contribution in [0.3, 0.4) is 0 Å². The summed E-state index contributed by atoms with van der Waals surface area (Å²) in [6.45, 7) is -0.0139. The van der Waals surface area contributed by atoms with Crippen LogP contribution in [0, 0.1) is 11.3 Å². The van der Waals surface area contributed by atoms with Crippen LogP contribution in [0.25, 0.3) is 6.08 Å². The van der Waals surface area contributed by atoms with Crippen molar-refractivity contribution in [1.82, 2.24) is 9.21 Å². The minimum Gasteiger partial charge on any atom is -0.451 e. The molecule has 35 heavy (non-hydrogen) atoms. The van der Waals surface area contributed by atoms with Crippen molar-refractivity contribution < 1.29 is 22.7 Å². The summed E-state index contributed by atoms with van der Waals surface area (Å²) >= 11 is 5.83. The van der Waals surface area contributed by atoms with Gasteiger partial charge in [0.25, 0.3) is 5.91 Å². The lowest BCUT2D eigenvalue weighted by molar-refractivity contribution is -0.149. The standard InChI is InChI=1S/C24H25ClN4O5S/c1-27(2)21-7-3-18(4-8-21)15-19(16-26)24(31)34-17-23(30)28-11-13-29(14-12-28)35(32,33)22-9-5-20(25)6-10-22/h3-10,15H,11-14,17H2,1-2H3/b19-15+. The number of hydrogen-bond acceptors (Lipinski definition) is 7. The predicted molar refractivity (Wildman–Crippen MR) is 132 cm³/mol. The van der Waals surface area contributed by atoms with Gasteiger partial charge in [0.05, 0.1) is 4.90 Å². The van der Waals surface area contributed by atoms with Gasteiger partial charge in [-0.25, -0.2) is 13.2 Å². The molecular formula is C24H25ClN4O5S. The number of anilines is 1. The van der Waals surface area contributed by atoms with Crippen molar-refractivity contribution in [2.45, 2.75) is 4.90 Å². The highest BCUT2D eigenvalue weighted by Gasteiger charge is 2.30. The Kier molecular flexibility index (Phi) is 8.51. The van der Waals surface area contributed by atoms with Gasteiger partial charge in [0.15, 0.2) is 6.61 Å². The van der Waals surface area contributed by atoms with E-state index in [1.807, 2.05) is 31.1 Å². The molecule has 3 rings (SSSR count). The molecule has 1 aliphatic heterocycles. The molecule has 184 valence electrons. The zero-order chi connectivity index (χ0) is 25.6. The Bertz CT molecular complexity index is 1240. The smallest absolute Gasteiger partial charge is 0.349 e. The van der Waals surface area contributed by atoms with Crippen molar-refractivity contribution in [2.24, 2.45) is 0 Å². The Hall–Kier alpha value is -3.39. The summed E-state index contributed by atoms with van der Waals surface area (Å²) < 4.78 is 31.9. The second-order valence-corrected chi connectivity index (χ2v) is 10.3. The maximum Gasteiger partial charge on any atom is 0.349 e. The van der Waals surface area contributed by atoms with Crippen molar-refractivity contribution in [1.29, 1.82) is 5.26 Å². The molecule has 0 radical (unpaired) electrons. The van der Waals surface area contributed by atoms with Gasteiger partial charge in [0.1, 0.15) is 11.6 Å². The fourth-order valence-electron chi connectivity index (χ4n) is 3.40. The van der Waals surface area contributed by atoms with Gasteiger partial charge in [-0.05, 0) is 48.0 Å². The van der Waals surface area contributed by atoms with Gasteiger partial charge < -0.3 is 14.5 Å². The SMILES string of the molecule is CN(C)c1ccc(/C=C(\C#N)C(=O)OCC(=O)N2CCN(S(=O)(=O)c3ccc(Cl)cc3)CC2)cc1. The number of halogens is 1. The van der Waals surface area contributed by atoms with Crippen molar-refractivity contribution >= 4 is 45.3 Å². The van der Waals surface area contributed by atoms with E-state index in [9.17, 15) is 23.3 Å². The van der Waals surface area contributed by atoms with E-state index in [2.05, 4.69) is 0 Å². The molecule has 0 bridgehead atoms. The molecule has 1 aliphatic rings. The average molecular weight is 517 g/mol. The van der Waals surface area contributed by atoms with E-state index in [4.69, 9.17) is 16.3 Å². The minimum atomic E-state index is -3.70. The Balaban J connectivity index is 1.53. The van der Waals surface area contributed by atoms with Gasteiger partial charge in [-0.3, -0.25) is 4.79 Å². The molecule has 1 amide bonds. The highest BCUT2D eigenvalue weighted by atomic mass is 35.5. The van der Waals surface area contributed by atoms with Gasteiger partial charge in [-0.15, -0.1) is 0 Å². The first kappa shape index (κ1) is 26.2. The Labute approximate surface area is 209 Å². The van der Waals surface area contributed by atoms with Gasteiger partial charge in [-0.2, -0.15) is 9.57 Å². The highest BCUT2D eigenvalue weighted by Crippen LogP contribution is 2.20. The molecule has 0 aliphatic carbocycles. The molecule has 0 atom stereocenters. The van der Waals surface area contributed by atoms with E-state index in [0.717, 1.165) is 5.69 Å². The molecule has 11 heteroatoms. The van der Waals surface area contributed by atoms with Crippen LogP contribution in [0.15, 0.2) is 59.0 Å². The highest BCUT2D eigenvalue weighted by molar-refractivity contribution is 7.89. The molecule has 1 fully saturated rings. The van der Waals surface area contributed by atoms with Crippen LogP contribution in [0.1, 0.15) is 5.56 Å². The van der Waals surface area contributed by atoms with Crippen LogP contribution in [0.4, 0.5) is 5.69 Å². The first-order valence-corrected chi connectivity index (χ1v) is 12.5. The van der Waals surface area contributed by atoms with Crippen LogP contribution in [-0.4, -0.2) is 76.4 Å². The molecule has 1 saturated heterocycles. The molecule has 0 spiro atoms. The summed E-state index contributed by atoms with van der Waals surface area (Å²) in [4.78, 5) is 28.3. The molecule has 0 unspecified atom stereocenters. The number of esters is 1. The lowest BCUT2D eigenvalue weighted by Gasteiger charge is -2.33. The summed E-state index contributed by atoms with van der Waals surface area (Å²) in [7, 11) is 0.102. The van der Waals surface area contributed by atoms with Crippen molar-refractivity contribution in [3.8, 4) is 6.07 Å². The number of rotatable bonds is 7. The summed E-state index contributed by atoms with van der Waals surface area (Å²) in [6.07, 6.45) is 1.40.